The lowest BCUT2D eigenvalue weighted by Crippen LogP contribution is -2.08. The Kier molecular flexibility index (Phi) is 3.28. The van der Waals surface area contributed by atoms with Crippen LogP contribution in [0.25, 0.3) is 21.5 Å². The van der Waals surface area contributed by atoms with Crippen molar-refractivity contribution in [2.75, 3.05) is 0 Å². The van der Waals surface area contributed by atoms with Gasteiger partial charge in [0, 0.05) is 0 Å². The van der Waals surface area contributed by atoms with E-state index in [-0.39, 0.29) is 5.97 Å². The number of carbonyl (C=O) groups excluding carboxylic acids is 1. The number of hydrogen-bond donors (Lipinski definition) is 0. The van der Waals surface area contributed by atoms with Crippen molar-refractivity contribution in [3.63, 3.8) is 0 Å². The second kappa shape index (κ2) is 5.58. The van der Waals surface area contributed by atoms with Gasteiger partial charge in [0.15, 0.2) is 0 Å². The normalized spacial score (nSPS) is 10.8. The molecule has 4 aromatic carbocycles. The number of esters is 1. The molecule has 0 aliphatic heterocycles. The lowest BCUT2D eigenvalue weighted by atomic mass is 10.00. The third-order valence-corrected chi connectivity index (χ3v) is 3.92. The molecule has 0 fully saturated rings. The molecular weight excluding hydrogens is 284 g/mol. The van der Waals surface area contributed by atoms with Crippen molar-refractivity contribution in [3.05, 3.63) is 90.5 Å². The Morgan fingerprint density at radius 3 is 2.09 bits per heavy atom. The largest absolute Gasteiger partial charge is 0.423 e. The van der Waals surface area contributed by atoms with Crippen molar-refractivity contribution in [1.82, 2.24) is 0 Å². The summed E-state index contributed by atoms with van der Waals surface area (Å²) in [7, 11) is 0. The number of fused-ring (bicyclic) bond motifs is 2. The fraction of sp³-hybridized carbons (Fsp3) is 0. The van der Waals surface area contributed by atoms with E-state index in [1.54, 1.807) is 12.1 Å². The highest BCUT2D eigenvalue weighted by molar-refractivity contribution is 6.09. The van der Waals surface area contributed by atoms with Gasteiger partial charge in [-0.3, -0.25) is 0 Å². The van der Waals surface area contributed by atoms with Gasteiger partial charge in [-0.1, -0.05) is 54.6 Å². The Balaban J connectivity index is 1.83. The van der Waals surface area contributed by atoms with E-state index < -0.39 is 0 Å². The molecule has 0 aliphatic rings. The number of carbonyl (C=O) groups is 1. The molecule has 0 amide bonds. The molecule has 2 heteroatoms. The molecule has 0 saturated heterocycles. The van der Waals surface area contributed by atoms with Gasteiger partial charge >= 0.3 is 5.97 Å². The van der Waals surface area contributed by atoms with Crippen LogP contribution in [0.15, 0.2) is 84.9 Å². The van der Waals surface area contributed by atoms with Crippen molar-refractivity contribution in [2.24, 2.45) is 0 Å². The zero-order valence-electron chi connectivity index (χ0n) is 12.4. The second-order valence-electron chi connectivity index (χ2n) is 5.43. The molecule has 0 unspecified atom stereocenters. The molecule has 2 nitrogen and oxygen atoms in total. The first kappa shape index (κ1) is 13.5. The summed E-state index contributed by atoms with van der Waals surface area (Å²) >= 11 is 0. The van der Waals surface area contributed by atoms with Crippen LogP contribution in [0, 0.1) is 0 Å². The van der Waals surface area contributed by atoms with Crippen LogP contribution in [0.3, 0.4) is 0 Å². The molecule has 0 saturated carbocycles. The van der Waals surface area contributed by atoms with Crippen molar-refractivity contribution in [2.45, 2.75) is 0 Å². The van der Waals surface area contributed by atoms with Gasteiger partial charge in [-0.15, -0.1) is 0 Å². The van der Waals surface area contributed by atoms with Gasteiger partial charge in [-0.05, 0) is 51.9 Å². The van der Waals surface area contributed by atoms with E-state index in [0.29, 0.717) is 11.3 Å². The van der Waals surface area contributed by atoms with Crippen LogP contribution >= 0.6 is 0 Å². The van der Waals surface area contributed by atoms with E-state index in [2.05, 4.69) is 12.1 Å². The van der Waals surface area contributed by atoms with E-state index in [1.165, 1.54) is 0 Å². The highest BCUT2D eigenvalue weighted by Crippen LogP contribution is 2.26. The zero-order chi connectivity index (χ0) is 15.6. The standard InChI is InChI=1S/C21H14O2/c22-21(23-18-10-2-1-3-11-18)19-12-6-9-17-13-15-7-4-5-8-16(15)14-20(17)19/h1-14H. The predicted molar refractivity (Wildman–Crippen MR) is 92.9 cm³/mol. The molecule has 0 aliphatic carbocycles. The lowest BCUT2D eigenvalue weighted by Gasteiger charge is -2.08. The van der Waals surface area contributed by atoms with Gasteiger partial charge in [0.2, 0.25) is 0 Å². The van der Waals surface area contributed by atoms with E-state index >= 15 is 0 Å². The third-order valence-electron chi connectivity index (χ3n) is 3.92. The minimum absolute atomic E-state index is 0.336. The van der Waals surface area contributed by atoms with Crippen LogP contribution in [0.1, 0.15) is 10.4 Å². The first-order chi connectivity index (χ1) is 11.3. The van der Waals surface area contributed by atoms with Crippen LogP contribution in [0.4, 0.5) is 0 Å². The van der Waals surface area contributed by atoms with Crippen molar-refractivity contribution < 1.29 is 9.53 Å². The Labute approximate surface area is 133 Å². The topological polar surface area (TPSA) is 26.3 Å². The first-order valence-corrected chi connectivity index (χ1v) is 7.50. The molecule has 0 aromatic heterocycles. The first-order valence-electron chi connectivity index (χ1n) is 7.50. The molecule has 0 radical (unpaired) electrons. The fourth-order valence-corrected chi connectivity index (χ4v) is 2.80. The van der Waals surface area contributed by atoms with Crippen LogP contribution in [-0.4, -0.2) is 5.97 Å². The zero-order valence-corrected chi connectivity index (χ0v) is 12.4. The second-order valence-corrected chi connectivity index (χ2v) is 5.43. The highest BCUT2D eigenvalue weighted by Gasteiger charge is 2.12. The van der Waals surface area contributed by atoms with Crippen LogP contribution in [-0.2, 0) is 0 Å². The molecule has 0 N–H and O–H groups in total. The molecule has 110 valence electrons. The molecule has 23 heavy (non-hydrogen) atoms. The van der Waals surface area contributed by atoms with Crippen LogP contribution < -0.4 is 4.74 Å². The third kappa shape index (κ3) is 2.55. The Hall–Kier alpha value is -3.13. The van der Waals surface area contributed by atoms with E-state index in [9.17, 15) is 4.79 Å². The number of rotatable bonds is 2. The van der Waals surface area contributed by atoms with Gasteiger partial charge in [0.05, 0.1) is 5.56 Å². The quantitative estimate of drug-likeness (QED) is 0.288. The minimum Gasteiger partial charge on any atom is -0.423 e. The van der Waals surface area contributed by atoms with E-state index in [4.69, 9.17) is 4.74 Å². The summed E-state index contributed by atoms with van der Waals surface area (Å²) in [5.41, 5.74) is 0.581. The van der Waals surface area contributed by atoms with Gasteiger partial charge in [-0.2, -0.15) is 0 Å². The monoisotopic (exact) mass is 298 g/mol. The SMILES string of the molecule is O=C(Oc1ccccc1)c1cccc2cc3ccccc3cc12. The predicted octanol–water partition coefficient (Wildman–Crippen LogP) is 5.21. The molecule has 0 spiro atoms. The molecular formula is C21H14O2. The minimum atomic E-state index is -0.336. The van der Waals surface area contributed by atoms with Crippen molar-refractivity contribution in [3.8, 4) is 5.75 Å². The Morgan fingerprint density at radius 2 is 1.30 bits per heavy atom. The van der Waals surface area contributed by atoms with Crippen LogP contribution in [0.5, 0.6) is 5.75 Å². The molecule has 0 bridgehead atoms. The van der Waals surface area contributed by atoms with Crippen molar-refractivity contribution >= 4 is 27.5 Å². The maximum atomic E-state index is 12.5. The lowest BCUT2D eigenvalue weighted by molar-refractivity contribution is 0.0737. The summed E-state index contributed by atoms with van der Waals surface area (Å²) in [6.07, 6.45) is 0. The molecule has 0 heterocycles. The van der Waals surface area contributed by atoms with Crippen molar-refractivity contribution in [1.29, 1.82) is 0 Å². The Bertz CT molecular complexity index is 1000. The number of benzene rings is 4. The molecule has 4 aromatic rings. The summed E-state index contributed by atoms with van der Waals surface area (Å²) in [6, 6.07) is 27.1. The van der Waals surface area contributed by atoms with Gasteiger partial charge < -0.3 is 4.74 Å². The maximum absolute atomic E-state index is 12.5. The summed E-state index contributed by atoms with van der Waals surface area (Å²) in [4.78, 5) is 12.5. The molecule has 4 rings (SSSR count). The summed E-state index contributed by atoms with van der Waals surface area (Å²) in [5.74, 6) is 0.215. The van der Waals surface area contributed by atoms with Gasteiger partial charge in [0.25, 0.3) is 0 Å². The maximum Gasteiger partial charge on any atom is 0.344 e. The average molecular weight is 298 g/mol. The summed E-state index contributed by atoms with van der Waals surface area (Å²) in [5, 5.41) is 4.21. The smallest absolute Gasteiger partial charge is 0.344 e. The average Bonchev–Trinajstić information content (AvgIpc) is 2.60. The van der Waals surface area contributed by atoms with Crippen LogP contribution in [0.2, 0.25) is 0 Å². The number of ether oxygens (including phenoxy) is 1. The fourth-order valence-electron chi connectivity index (χ4n) is 2.80. The molecule has 0 atom stereocenters. The highest BCUT2D eigenvalue weighted by atomic mass is 16.5. The summed E-state index contributed by atoms with van der Waals surface area (Å²) in [6.45, 7) is 0. The summed E-state index contributed by atoms with van der Waals surface area (Å²) < 4.78 is 5.48. The van der Waals surface area contributed by atoms with E-state index in [1.807, 2.05) is 60.7 Å². The number of hydrogen-bond acceptors (Lipinski definition) is 2. The van der Waals surface area contributed by atoms with Gasteiger partial charge in [0.1, 0.15) is 5.75 Å². The van der Waals surface area contributed by atoms with E-state index in [0.717, 1.165) is 21.5 Å². The Morgan fingerprint density at radius 1 is 0.652 bits per heavy atom. The van der Waals surface area contributed by atoms with Gasteiger partial charge in [-0.25, -0.2) is 4.79 Å². The number of para-hydroxylation sites is 1.